The molecule has 1 heterocycles. The summed E-state index contributed by atoms with van der Waals surface area (Å²) in [6, 6.07) is 11.5. The summed E-state index contributed by atoms with van der Waals surface area (Å²) in [5.41, 5.74) is 7.43. The fraction of sp³-hybridized carbons (Fsp3) is 0.500. The molecule has 4 rings (SSSR count). The van der Waals surface area contributed by atoms with Gasteiger partial charge < -0.3 is 15.3 Å². The van der Waals surface area contributed by atoms with Gasteiger partial charge in [-0.1, -0.05) is 31.2 Å². The van der Waals surface area contributed by atoms with Crippen LogP contribution in [0.2, 0.25) is 0 Å². The zero-order valence-electron chi connectivity index (χ0n) is 22.4. The summed E-state index contributed by atoms with van der Waals surface area (Å²) < 4.78 is 28.2. The molecule has 0 saturated carbocycles. The van der Waals surface area contributed by atoms with E-state index in [-0.39, 0.29) is 24.6 Å². The van der Waals surface area contributed by atoms with Crippen LogP contribution < -0.4 is 10.2 Å². The molecule has 0 radical (unpaired) electrons. The van der Waals surface area contributed by atoms with Crippen LogP contribution in [0.3, 0.4) is 0 Å². The highest BCUT2D eigenvalue weighted by atomic mass is 19.1. The largest absolute Gasteiger partial charge is 0.481 e. The van der Waals surface area contributed by atoms with Crippen LogP contribution in [0.4, 0.5) is 14.5 Å². The van der Waals surface area contributed by atoms with Gasteiger partial charge in [-0.2, -0.15) is 0 Å². The van der Waals surface area contributed by atoms with E-state index in [9.17, 15) is 14.3 Å². The van der Waals surface area contributed by atoms with Gasteiger partial charge in [0.25, 0.3) is 0 Å². The Kier molecular flexibility index (Phi) is 8.65. The van der Waals surface area contributed by atoms with Crippen molar-refractivity contribution < 1.29 is 18.7 Å². The number of benzene rings is 2. The average molecular weight is 512 g/mol. The zero-order chi connectivity index (χ0) is 26.7. The van der Waals surface area contributed by atoms with Crippen molar-refractivity contribution in [1.82, 2.24) is 10.2 Å². The van der Waals surface area contributed by atoms with E-state index in [0.29, 0.717) is 38.2 Å². The number of fused-ring (bicyclic) bond motifs is 2. The lowest BCUT2D eigenvalue weighted by atomic mass is 9.82. The van der Waals surface area contributed by atoms with Crippen LogP contribution >= 0.6 is 0 Å². The molecule has 0 bridgehead atoms. The van der Waals surface area contributed by atoms with Gasteiger partial charge in [-0.15, -0.1) is 0 Å². The SMILES string of the molecule is Cc1c(N(C)CCNCCCF)ccc(F)c1[C@@H]1C2=C(C[C@@H](C)N1C[C@H](C)C(=O)O)c1ccccc1C2. The van der Waals surface area contributed by atoms with Crippen LogP contribution in [0.25, 0.3) is 5.57 Å². The van der Waals surface area contributed by atoms with Gasteiger partial charge in [0.05, 0.1) is 18.6 Å². The summed E-state index contributed by atoms with van der Waals surface area (Å²) in [6.07, 6.45) is 2.06. The average Bonchev–Trinajstić information content (AvgIpc) is 3.23. The highest BCUT2D eigenvalue weighted by molar-refractivity contribution is 5.79. The molecule has 0 fully saturated rings. The number of carbonyl (C=O) groups is 1. The van der Waals surface area contributed by atoms with Crippen LogP contribution in [0.1, 0.15) is 55.0 Å². The van der Waals surface area contributed by atoms with Crippen molar-refractivity contribution in [1.29, 1.82) is 0 Å². The number of halogens is 2. The second kappa shape index (κ2) is 11.7. The number of carboxylic acid groups (broad SMARTS) is 1. The number of likely N-dealkylation sites (N-methyl/N-ethyl adjacent to an activating group) is 1. The van der Waals surface area contributed by atoms with Crippen LogP contribution in [0, 0.1) is 18.7 Å². The maximum Gasteiger partial charge on any atom is 0.307 e. The first-order valence-electron chi connectivity index (χ1n) is 13.3. The van der Waals surface area contributed by atoms with Gasteiger partial charge in [-0.3, -0.25) is 14.1 Å². The van der Waals surface area contributed by atoms with E-state index < -0.39 is 11.9 Å². The lowest BCUT2D eigenvalue weighted by Gasteiger charge is -2.44. The molecule has 37 heavy (non-hydrogen) atoms. The molecule has 2 aromatic rings. The molecule has 2 aliphatic rings. The van der Waals surface area contributed by atoms with E-state index in [1.54, 1.807) is 13.0 Å². The summed E-state index contributed by atoms with van der Waals surface area (Å²) in [5.74, 6) is -1.67. The number of hydrogen-bond donors (Lipinski definition) is 2. The molecule has 3 atom stereocenters. The fourth-order valence-corrected chi connectivity index (χ4v) is 5.96. The zero-order valence-corrected chi connectivity index (χ0v) is 22.4. The highest BCUT2D eigenvalue weighted by Crippen LogP contribution is 2.50. The number of nitrogens with one attached hydrogen (secondary N) is 1. The summed E-state index contributed by atoms with van der Waals surface area (Å²) in [7, 11) is 1.99. The fourth-order valence-electron chi connectivity index (χ4n) is 5.96. The Labute approximate surface area is 219 Å². The predicted octanol–water partition coefficient (Wildman–Crippen LogP) is 5.39. The minimum atomic E-state index is -0.841. The second-order valence-corrected chi connectivity index (χ2v) is 10.5. The minimum absolute atomic E-state index is 0.0663. The lowest BCUT2D eigenvalue weighted by Crippen LogP contribution is -2.45. The van der Waals surface area contributed by atoms with Crippen molar-refractivity contribution in [3.63, 3.8) is 0 Å². The monoisotopic (exact) mass is 511 g/mol. The molecule has 0 saturated heterocycles. The van der Waals surface area contributed by atoms with E-state index in [0.717, 1.165) is 24.1 Å². The maximum atomic E-state index is 15.8. The number of rotatable bonds is 11. The molecule has 200 valence electrons. The Morgan fingerprint density at radius 1 is 1.24 bits per heavy atom. The molecule has 2 aromatic carbocycles. The standard InChI is InChI=1S/C30H39F2N3O2/c1-19(30(36)37)18-35-20(2)16-24-23-9-6-5-8-22(23)17-25(24)29(35)28-21(3)27(11-10-26(28)32)34(4)15-14-33-13-7-12-31/h5-6,8-11,19-20,29,33H,7,12-18H2,1-4H3,(H,36,37)/t19-,20+,29-/m0/s1. The Hall–Kier alpha value is -2.77. The van der Waals surface area contributed by atoms with Gasteiger partial charge in [0.1, 0.15) is 5.82 Å². The normalized spacial score (nSPS) is 20.1. The third-order valence-electron chi connectivity index (χ3n) is 7.97. The number of hydrogen-bond acceptors (Lipinski definition) is 4. The van der Waals surface area contributed by atoms with Crippen LogP contribution in [-0.4, -0.2) is 61.9 Å². The quantitative estimate of drug-likeness (QED) is 0.397. The molecule has 5 nitrogen and oxygen atoms in total. The van der Waals surface area contributed by atoms with Crippen molar-refractivity contribution in [2.24, 2.45) is 5.92 Å². The number of anilines is 1. The second-order valence-electron chi connectivity index (χ2n) is 10.5. The van der Waals surface area contributed by atoms with Gasteiger partial charge in [-0.25, -0.2) is 4.39 Å². The van der Waals surface area contributed by atoms with Crippen molar-refractivity contribution in [3.8, 4) is 0 Å². The van der Waals surface area contributed by atoms with Crippen molar-refractivity contribution >= 4 is 17.2 Å². The molecular formula is C30H39F2N3O2. The number of nitrogens with zero attached hydrogens (tertiary/aromatic N) is 2. The molecule has 7 heteroatoms. The van der Waals surface area contributed by atoms with E-state index in [4.69, 9.17) is 0 Å². The van der Waals surface area contributed by atoms with Crippen molar-refractivity contribution in [2.75, 3.05) is 44.8 Å². The van der Waals surface area contributed by atoms with Gasteiger partial charge in [0.2, 0.25) is 0 Å². The van der Waals surface area contributed by atoms with Crippen LogP contribution in [0.5, 0.6) is 0 Å². The smallest absolute Gasteiger partial charge is 0.307 e. The molecule has 0 aromatic heterocycles. The highest BCUT2D eigenvalue weighted by Gasteiger charge is 2.41. The summed E-state index contributed by atoms with van der Waals surface area (Å²) in [6.45, 7) is 7.89. The van der Waals surface area contributed by atoms with Gasteiger partial charge in [-0.05, 0) is 79.6 Å². The van der Waals surface area contributed by atoms with E-state index in [1.807, 2.05) is 26.1 Å². The predicted molar refractivity (Wildman–Crippen MR) is 145 cm³/mol. The van der Waals surface area contributed by atoms with Crippen LogP contribution in [0.15, 0.2) is 42.0 Å². The Balaban J connectivity index is 1.74. The molecule has 2 N–H and O–H groups in total. The van der Waals surface area contributed by atoms with Gasteiger partial charge in [0, 0.05) is 44.0 Å². The maximum absolute atomic E-state index is 15.8. The molecule has 0 spiro atoms. The van der Waals surface area contributed by atoms with Crippen molar-refractivity contribution in [2.45, 2.75) is 52.1 Å². The summed E-state index contributed by atoms with van der Waals surface area (Å²) in [4.78, 5) is 16.1. The lowest BCUT2D eigenvalue weighted by molar-refractivity contribution is -0.142. The minimum Gasteiger partial charge on any atom is -0.481 e. The first kappa shape index (κ1) is 27.3. The molecule has 0 amide bonds. The third-order valence-corrected chi connectivity index (χ3v) is 7.97. The molecule has 0 unspecified atom stereocenters. The molecule has 1 aliphatic heterocycles. The van der Waals surface area contributed by atoms with Gasteiger partial charge >= 0.3 is 5.97 Å². The van der Waals surface area contributed by atoms with E-state index in [1.165, 1.54) is 22.3 Å². The Bertz CT molecular complexity index is 1170. The van der Waals surface area contributed by atoms with Crippen LogP contribution in [-0.2, 0) is 11.2 Å². The van der Waals surface area contributed by atoms with E-state index in [2.05, 4.69) is 40.2 Å². The third kappa shape index (κ3) is 5.58. The number of carboxylic acids is 1. The Morgan fingerprint density at radius 3 is 2.73 bits per heavy atom. The van der Waals surface area contributed by atoms with Crippen molar-refractivity contribution in [3.05, 3.63) is 70.0 Å². The first-order valence-corrected chi connectivity index (χ1v) is 13.3. The number of alkyl halides is 1. The first-order chi connectivity index (χ1) is 17.7. The topological polar surface area (TPSA) is 55.8 Å². The van der Waals surface area contributed by atoms with E-state index >= 15 is 4.39 Å². The Morgan fingerprint density at radius 2 is 2.00 bits per heavy atom. The number of aliphatic carboxylic acids is 1. The summed E-state index contributed by atoms with van der Waals surface area (Å²) >= 11 is 0. The molecular weight excluding hydrogens is 472 g/mol. The summed E-state index contributed by atoms with van der Waals surface area (Å²) in [5, 5.41) is 13.0. The van der Waals surface area contributed by atoms with Gasteiger partial charge in [0.15, 0.2) is 0 Å². The molecule has 1 aliphatic carbocycles.